The Hall–Kier alpha value is -3.59. The highest BCUT2D eigenvalue weighted by Crippen LogP contribution is 2.25. The molecule has 2 aromatic carbocycles. The summed E-state index contributed by atoms with van der Waals surface area (Å²) >= 11 is 0. The van der Waals surface area contributed by atoms with Crippen molar-refractivity contribution < 1.29 is 14.8 Å². The summed E-state index contributed by atoms with van der Waals surface area (Å²) in [5, 5.41) is 14.2. The van der Waals surface area contributed by atoms with Gasteiger partial charge in [-0.05, 0) is 61.5 Å². The first kappa shape index (κ1) is 23.6. The molecule has 2 heterocycles. The molecule has 4 rings (SSSR count). The van der Waals surface area contributed by atoms with Crippen LogP contribution in [0, 0.1) is 6.92 Å². The summed E-state index contributed by atoms with van der Waals surface area (Å²) in [4.78, 5) is 34.2. The third kappa shape index (κ3) is 5.66. The Morgan fingerprint density at radius 1 is 1.03 bits per heavy atom. The number of carbonyl (C=O) groups is 2. The van der Waals surface area contributed by atoms with Crippen molar-refractivity contribution in [3.8, 4) is 0 Å². The third-order valence-corrected chi connectivity index (χ3v) is 5.99. The molecule has 176 valence electrons. The standard InChI is InChI=1S/C26H29N5O3/c1-19-8-9-23(28-25(32)22-7-4-10-27-17-22)16-24(19)31(34)26(33)21-6-3-5-20(15-21)18-30-13-11-29(2)12-14-30/h3-10,15-17,34H,11-14,18H2,1-2H3,(H,28,32). The van der Waals surface area contributed by atoms with Crippen LogP contribution in [0.15, 0.2) is 67.0 Å². The minimum atomic E-state index is -0.529. The van der Waals surface area contributed by atoms with E-state index < -0.39 is 5.91 Å². The zero-order valence-electron chi connectivity index (χ0n) is 19.4. The molecule has 8 heteroatoms. The van der Waals surface area contributed by atoms with Gasteiger partial charge in [0.2, 0.25) is 0 Å². The number of hydroxylamine groups is 1. The van der Waals surface area contributed by atoms with E-state index in [1.54, 1.807) is 49.5 Å². The molecule has 0 bridgehead atoms. The van der Waals surface area contributed by atoms with Gasteiger partial charge in [0.15, 0.2) is 0 Å². The van der Waals surface area contributed by atoms with E-state index in [2.05, 4.69) is 27.1 Å². The number of piperazine rings is 1. The molecule has 0 atom stereocenters. The number of hydrogen-bond donors (Lipinski definition) is 2. The molecule has 1 aromatic heterocycles. The van der Waals surface area contributed by atoms with E-state index in [4.69, 9.17) is 0 Å². The largest absolute Gasteiger partial charge is 0.322 e. The van der Waals surface area contributed by atoms with E-state index in [1.165, 1.54) is 6.20 Å². The van der Waals surface area contributed by atoms with E-state index in [0.717, 1.165) is 38.3 Å². The van der Waals surface area contributed by atoms with Crippen molar-refractivity contribution in [2.75, 3.05) is 43.6 Å². The van der Waals surface area contributed by atoms with Crippen molar-refractivity contribution in [1.29, 1.82) is 0 Å². The topological polar surface area (TPSA) is 89.0 Å². The quantitative estimate of drug-likeness (QED) is 0.434. The van der Waals surface area contributed by atoms with Crippen LogP contribution in [0.25, 0.3) is 0 Å². The maximum atomic E-state index is 13.1. The predicted molar refractivity (Wildman–Crippen MR) is 131 cm³/mol. The second-order valence-electron chi connectivity index (χ2n) is 8.59. The summed E-state index contributed by atoms with van der Waals surface area (Å²) in [5.41, 5.74) is 3.31. The van der Waals surface area contributed by atoms with Gasteiger partial charge in [0.25, 0.3) is 11.8 Å². The lowest BCUT2D eigenvalue weighted by Gasteiger charge is -2.32. The Morgan fingerprint density at radius 3 is 2.53 bits per heavy atom. The van der Waals surface area contributed by atoms with Gasteiger partial charge in [-0.3, -0.25) is 24.7 Å². The molecule has 2 N–H and O–H groups in total. The van der Waals surface area contributed by atoms with Gasteiger partial charge in [0.05, 0.1) is 11.3 Å². The monoisotopic (exact) mass is 459 g/mol. The van der Waals surface area contributed by atoms with Crippen LogP contribution in [0.2, 0.25) is 0 Å². The van der Waals surface area contributed by atoms with Gasteiger partial charge in [-0.25, -0.2) is 0 Å². The minimum Gasteiger partial charge on any atom is -0.322 e. The first-order chi connectivity index (χ1) is 16.4. The number of anilines is 2. The number of carbonyl (C=O) groups excluding carboxylic acids is 2. The molecule has 1 aliphatic heterocycles. The van der Waals surface area contributed by atoms with Gasteiger partial charge in [-0.15, -0.1) is 0 Å². The number of aryl methyl sites for hydroxylation is 1. The molecule has 2 amide bonds. The fourth-order valence-corrected chi connectivity index (χ4v) is 3.91. The van der Waals surface area contributed by atoms with Gasteiger partial charge >= 0.3 is 0 Å². The van der Waals surface area contributed by atoms with E-state index >= 15 is 0 Å². The molecule has 0 aliphatic carbocycles. The Labute approximate surface area is 199 Å². The average Bonchev–Trinajstić information content (AvgIpc) is 2.86. The number of pyridine rings is 1. The molecule has 0 radical (unpaired) electrons. The van der Waals surface area contributed by atoms with Crippen molar-refractivity contribution in [3.05, 3.63) is 89.2 Å². The number of benzene rings is 2. The molecule has 3 aromatic rings. The summed E-state index contributed by atoms with van der Waals surface area (Å²) in [5.74, 6) is -0.852. The van der Waals surface area contributed by atoms with Crippen molar-refractivity contribution in [2.24, 2.45) is 0 Å². The van der Waals surface area contributed by atoms with Crippen LogP contribution in [-0.4, -0.2) is 65.0 Å². The Kier molecular flexibility index (Phi) is 7.32. The molecule has 8 nitrogen and oxygen atoms in total. The molecule has 0 spiro atoms. The van der Waals surface area contributed by atoms with Crippen LogP contribution < -0.4 is 10.4 Å². The van der Waals surface area contributed by atoms with Crippen molar-refractivity contribution in [1.82, 2.24) is 14.8 Å². The zero-order chi connectivity index (χ0) is 24.1. The van der Waals surface area contributed by atoms with Crippen molar-refractivity contribution >= 4 is 23.2 Å². The number of rotatable bonds is 6. The highest BCUT2D eigenvalue weighted by Gasteiger charge is 2.20. The van der Waals surface area contributed by atoms with Crippen LogP contribution in [0.5, 0.6) is 0 Å². The lowest BCUT2D eigenvalue weighted by molar-refractivity contribution is 0.0854. The summed E-state index contributed by atoms with van der Waals surface area (Å²) in [6.07, 6.45) is 3.07. The number of likely N-dealkylation sites (N-methyl/N-ethyl adjacent to an activating group) is 1. The van der Waals surface area contributed by atoms with E-state index in [9.17, 15) is 14.8 Å². The van der Waals surface area contributed by atoms with Crippen molar-refractivity contribution in [3.63, 3.8) is 0 Å². The average molecular weight is 460 g/mol. The van der Waals surface area contributed by atoms with Crippen LogP contribution in [0.3, 0.4) is 0 Å². The molecule has 34 heavy (non-hydrogen) atoms. The van der Waals surface area contributed by atoms with Crippen LogP contribution in [0.1, 0.15) is 31.8 Å². The van der Waals surface area contributed by atoms with Gasteiger partial charge < -0.3 is 10.2 Å². The highest BCUT2D eigenvalue weighted by atomic mass is 16.5. The van der Waals surface area contributed by atoms with E-state index in [0.29, 0.717) is 33.1 Å². The predicted octanol–water partition coefficient (Wildman–Crippen LogP) is 3.43. The summed E-state index contributed by atoms with van der Waals surface area (Å²) in [6.45, 7) is 6.57. The minimum absolute atomic E-state index is 0.304. The Balaban J connectivity index is 1.48. The summed E-state index contributed by atoms with van der Waals surface area (Å²) in [7, 11) is 2.12. The molecular formula is C26H29N5O3. The van der Waals surface area contributed by atoms with E-state index in [-0.39, 0.29) is 5.91 Å². The zero-order valence-corrected chi connectivity index (χ0v) is 19.4. The van der Waals surface area contributed by atoms with Gasteiger partial charge in [0, 0.05) is 56.4 Å². The second-order valence-corrected chi connectivity index (χ2v) is 8.59. The lowest BCUT2D eigenvalue weighted by atomic mass is 10.1. The Bertz CT molecular complexity index is 1160. The maximum absolute atomic E-state index is 13.1. The fraction of sp³-hybridized carbons (Fsp3) is 0.269. The van der Waals surface area contributed by atoms with Crippen LogP contribution in [-0.2, 0) is 6.54 Å². The molecule has 0 saturated carbocycles. The first-order valence-electron chi connectivity index (χ1n) is 11.3. The number of aromatic nitrogens is 1. The highest BCUT2D eigenvalue weighted by molar-refractivity contribution is 6.06. The summed E-state index contributed by atoms with van der Waals surface area (Å²) in [6, 6.07) is 15.7. The van der Waals surface area contributed by atoms with Crippen LogP contribution >= 0.6 is 0 Å². The smallest absolute Gasteiger partial charge is 0.282 e. The third-order valence-electron chi connectivity index (χ3n) is 5.99. The second kappa shape index (κ2) is 10.6. The molecule has 1 fully saturated rings. The molecular weight excluding hydrogens is 430 g/mol. The lowest BCUT2D eigenvalue weighted by Crippen LogP contribution is -2.43. The van der Waals surface area contributed by atoms with Crippen LogP contribution in [0.4, 0.5) is 11.4 Å². The summed E-state index contributed by atoms with van der Waals surface area (Å²) < 4.78 is 0. The SMILES string of the molecule is Cc1ccc(NC(=O)c2cccnc2)cc1N(O)C(=O)c1cccc(CN2CCN(C)CC2)c1. The first-order valence-corrected chi connectivity index (χ1v) is 11.3. The number of nitrogens with zero attached hydrogens (tertiary/aromatic N) is 4. The number of nitrogens with one attached hydrogen (secondary N) is 1. The molecule has 1 aliphatic rings. The maximum Gasteiger partial charge on any atom is 0.282 e. The number of amides is 2. The van der Waals surface area contributed by atoms with E-state index in [1.807, 2.05) is 18.2 Å². The number of hydrogen-bond acceptors (Lipinski definition) is 6. The Morgan fingerprint density at radius 2 is 1.79 bits per heavy atom. The van der Waals surface area contributed by atoms with Gasteiger partial charge in [-0.2, -0.15) is 5.06 Å². The molecule has 1 saturated heterocycles. The van der Waals surface area contributed by atoms with Crippen molar-refractivity contribution in [2.45, 2.75) is 13.5 Å². The normalized spacial score (nSPS) is 14.6. The van der Waals surface area contributed by atoms with Gasteiger partial charge in [0.1, 0.15) is 0 Å². The van der Waals surface area contributed by atoms with Gasteiger partial charge in [-0.1, -0.05) is 18.2 Å². The molecule has 0 unspecified atom stereocenters. The fourth-order valence-electron chi connectivity index (χ4n) is 3.91.